The van der Waals surface area contributed by atoms with Gasteiger partial charge in [-0.15, -0.1) is 0 Å². The Bertz CT molecular complexity index is 218. The van der Waals surface area contributed by atoms with E-state index >= 15 is 0 Å². The number of likely N-dealkylation sites (tertiary alicyclic amines) is 1. The molecule has 2 aliphatic heterocycles. The molecular weight excluding hydrogens is 222 g/mol. The highest BCUT2D eigenvalue weighted by atomic mass is 15.2. The quantitative estimate of drug-likeness (QED) is 0.780. The van der Waals surface area contributed by atoms with Crippen LogP contribution in [0.25, 0.3) is 0 Å². The van der Waals surface area contributed by atoms with Crippen LogP contribution in [0.2, 0.25) is 0 Å². The number of hydrogen-bond acceptors (Lipinski definition) is 3. The zero-order chi connectivity index (χ0) is 12.8. The van der Waals surface area contributed by atoms with Crippen molar-refractivity contribution in [2.24, 2.45) is 0 Å². The smallest absolute Gasteiger partial charge is 0.0235 e. The van der Waals surface area contributed by atoms with Crippen molar-refractivity contribution in [2.75, 3.05) is 39.3 Å². The average Bonchev–Trinajstić information content (AvgIpc) is 2.91. The third-order valence-electron chi connectivity index (χ3n) is 4.55. The van der Waals surface area contributed by atoms with Crippen LogP contribution in [0.5, 0.6) is 0 Å². The summed E-state index contributed by atoms with van der Waals surface area (Å²) in [5.41, 5.74) is 0. The van der Waals surface area contributed by atoms with E-state index in [4.69, 9.17) is 0 Å². The fraction of sp³-hybridized carbons (Fsp3) is 1.00. The highest BCUT2D eigenvalue weighted by molar-refractivity contribution is 4.87. The van der Waals surface area contributed by atoms with Gasteiger partial charge in [-0.2, -0.15) is 0 Å². The molecule has 2 aliphatic rings. The lowest BCUT2D eigenvalue weighted by atomic mass is 10.00. The summed E-state index contributed by atoms with van der Waals surface area (Å²) in [4.78, 5) is 5.47. The van der Waals surface area contributed by atoms with E-state index in [1.54, 1.807) is 0 Å². The van der Waals surface area contributed by atoms with Gasteiger partial charge in [0.05, 0.1) is 0 Å². The first-order valence-electron chi connectivity index (χ1n) is 8.04. The van der Waals surface area contributed by atoms with Crippen LogP contribution in [-0.2, 0) is 0 Å². The number of nitrogens with one attached hydrogen (secondary N) is 1. The molecule has 3 heteroatoms. The standard InChI is InChI=1S/C15H31N3/c1-3-9-17-11-6-14(7-12-17)18(10-4-2)15-5-8-16-13-15/h14-16H,3-13H2,1-2H3. The number of nitrogens with zero attached hydrogens (tertiary/aromatic N) is 2. The molecule has 0 aromatic carbocycles. The highest BCUT2D eigenvalue weighted by Gasteiger charge is 2.30. The molecule has 3 nitrogen and oxygen atoms in total. The van der Waals surface area contributed by atoms with E-state index in [0.717, 1.165) is 12.1 Å². The predicted octanol–water partition coefficient (Wildman–Crippen LogP) is 1.93. The van der Waals surface area contributed by atoms with Gasteiger partial charge >= 0.3 is 0 Å². The zero-order valence-electron chi connectivity index (χ0n) is 12.3. The Morgan fingerprint density at radius 2 is 1.83 bits per heavy atom. The molecule has 0 bridgehead atoms. The van der Waals surface area contributed by atoms with Crippen molar-refractivity contribution in [3.63, 3.8) is 0 Å². The van der Waals surface area contributed by atoms with Crippen LogP contribution in [0.3, 0.4) is 0 Å². The molecule has 0 spiro atoms. The summed E-state index contributed by atoms with van der Waals surface area (Å²) < 4.78 is 0. The molecule has 0 aromatic rings. The summed E-state index contributed by atoms with van der Waals surface area (Å²) in [5.74, 6) is 0. The van der Waals surface area contributed by atoms with E-state index in [9.17, 15) is 0 Å². The van der Waals surface area contributed by atoms with E-state index < -0.39 is 0 Å². The van der Waals surface area contributed by atoms with Crippen LogP contribution in [0.1, 0.15) is 46.0 Å². The third kappa shape index (κ3) is 3.69. The van der Waals surface area contributed by atoms with Crippen LogP contribution in [0.15, 0.2) is 0 Å². The van der Waals surface area contributed by atoms with Crippen LogP contribution in [0, 0.1) is 0 Å². The van der Waals surface area contributed by atoms with Crippen molar-refractivity contribution in [1.82, 2.24) is 15.1 Å². The van der Waals surface area contributed by atoms with Gasteiger partial charge in [-0.3, -0.25) is 4.90 Å². The summed E-state index contributed by atoms with van der Waals surface area (Å²) in [6, 6.07) is 1.66. The minimum Gasteiger partial charge on any atom is -0.315 e. The Kier molecular flexibility index (Phi) is 5.93. The first kappa shape index (κ1) is 14.3. The van der Waals surface area contributed by atoms with Crippen LogP contribution < -0.4 is 5.32 Å². The first-order chi connectivity index (χ1) is 8.85. The molecule has 106 valence electrons. The van der Waals surface area contributed by atoms with Crippen LogP contribution in [-0.4, -0.2) is 61.2 Å². The normalized spacial score (nSPS) is 27.2. The summed E-state index contributed by atoms with van der Waals surface area (Å²) in [6.45, 7) is 12.3. The van der Waals surface area contributed by atoms with Crippen molar-refractivity contribution in [2.45, 2.75) is 58.0 Å². The molecule has 0 saturated carbocycles. The first-order valence-corrected chi connectivity index (χ1v) is 8.04. The molecule has 18 heavy (non-hydrogen) atoms. The molecule has 2 rings (SSSR count). The number of piperidine rings is 1. The predicted molar refractivity (Wildman–Crippen MR) is 78.0 cm³/mol. The molecular formula is C15H31N3. The van der Waals surface area contributed by atoms with Gasteiger partial charge in [0, 0.05) is 18.6 Å². The van der Waals surface area contributed by atoms with Gasteiger partial charge in [0.25, 0.3) is 0 Å². The second-order valence-corrected chi connectivity index (χ2v) is 5.96. The lowest BCUT2D eigenvalue weighted by Crippen LogP contribution is -2.50. The number of hydrogen-bond donors (Lipinski definition) is 1. The Labute approximate surface area is 113 Å². The molecule has 2 fully saturated rings. The van der Waals surface area contributed by atoms with Gasteiger partial charge in [-0.1, -0.05) is 13.8 Å². The van der Waals surface area contributed by atoms with Crippen LogP contribution >= 0.6 is 0 Å². The topological polar surface area (TPSA) is 18.5 Å². The zero-order valence-corrected chi connectivity index (χ0v) is 12.3. The summed E-state index contributed by atoms with van der Waals surface area (Å²) in [6.07, 6.45) is 6.73. The second-order valence-electron chi connectivity index (χ2n) is 5.96. The summed E-state index contributed by atoms with van der Waals surface area (Å²) in [5, 5.41) is 3.53. The van der Waals surface area contributed by atoms with Gasteiger partial charge in [-0.05, 0) is 64.8 Å². The molecule has 0 radical (unpaired) electrons. The van der Waals surface area contributed by atoms with Crippen molar-refractivity contribution in [3.8, 4) is 0 Å². The van der Waals surface area contributed by atoms with Gasteiger partial charge in [0.15, 0.2) is 0 Å². The molecule has 1 atom stereocenters. The Morgan fingerprint density at radius 3 is 2.39 bits per heavy atom. The molecule has 1 N–H and O–H groups in total. The molecule has 0 aliphatic carbocycles. The third-order valence-corrected chi connectivity index (χ3v) is 4.55. The molecule has 2 heterocycles. The minimum absolute atomic E-state index is 0.813. The van der Waals surface area contributed by atoms with E-state index in [1.807, 2.05) is 0 Å². The minimum atomic E-state index is 0.813. The van der Waals surface area contributed by atoms with E-state index in [2.05, 4.69) is 29.0 Å². The lowest BCUT2D eigenvalue weighted by Gasteiger charge is -2.41. The van der Waals surface area contributed by atoms with E-state index in [-0.39, 0.29) is 0 Å². The Morgan fingerprint density at radius 1 is 1.06 bits per heavy atom. The average molecular weight is 253 g/mol. The maximum atomic E-state index is 3.53. The summed E-state index contributed by atoms with van der Waals surface area (Å²) in [7, 11) is 0. The number of rotatable bonds is 6. The van der Waals surface area contributed by atoms with Crippen LogP contribution in [0.4, 0.5) is 0 Å². The van der Waals surface area contributed by atoms with Gasteiger partial charge < -0.3 is 10.2 Å². The second kappa shape index (κ2) is 7.46. The van der Waals surface area contributed by atoms with Gasteiger partial charge in [0.1, 0.15) is 0 Å². The van der Waals surface area contributed by atoms with Crippen molar-refractivity contribution in [3.05, 3.63) is 0 Å². The van der Waals surface area contributed by atoms with Gasteiger partial charge in [-0.25, -0.2) is 0 Å². The van der Waals surface area contributed by atoms with E-state index in [0.29, 0.717) is 0 Å². The fourth-order valence-electron chi connectivity index (χ4n) is 3.63. The fourth-order valence-corrected chi connectivity index (χ4v) is 3.63. The molecule has 0 amide bonds. The Hall–Kier alpha value is -0.120. The monoisotopic (exact) mass is 253 g/mol. The maximum Gasteiger partial charge on any atom is 0.0235 e. The molecule has 1 unspecified atom stereocenters. The maximum absolute atomic E-state index is 3.53. The van der Waals surface area contributed by atoms with E-state index in [1.165, 1.54) is 71.4 Å². The Balaban J connectivity index is 1.83. The van der Waals surface area contributed by atoms with Crippen molar-refractivity contribution >= 4 is 0 Å². The SMILES string of the molecule is CCCN1CCC(N(CCC)C2CCNC2)CC1. The highest BCUT2D eigenvalue weighted by Crippen LogP contribution is 2.21. The van der Waals surface area contributed by atoms with Crippen molar-refractivity contribution < 1.29 is 0 Å². The van der Waals surface area contributed by atoms with Crippen molar-refractivity contribution in [1.29, 1.82) is 0 Å². The molecule has 0 aromatic heterocycles. The summed E-state index contributed by atoms with van der Waals surface area (Å²) >= 11 is 0. The lowest BCUT2D eigenvalue weighted by molar-refractivity contribution is 0.0791. The molecule has 2 saturated heterocycles. The largest absolute Gasteiger partial charge is 0.315 e. The van der Waals surface area contributed by atoms with Gasteiger partial charge in [0.2, 0.25) is 0 Å².